The standard InChI is InChI=1S/2Fe.Mg.H2Si.2H/h;;;1H2;;. The Morgan fingerprint density at radius 1 is 1.25 bits per heavy atom. The third kappa shape index (κ3) is 8.98. The molecule has 0 aromatic rings. The molecule has 0 saturated heterocycles. The van der Waals surface area contributed by atoms with E-state index in [4.69, 9.17) is 0 Å². The smallest absolute Gasteiger partial charge is 0.316 e. The van der Waals surface area contributed by atoms with Crippen LogP contribution >= 0.6 is 0 Å². The minimum Gasteiger partial charge on any atom is 0.316 e. The number of hydrogen-bond donors (Lipinski definition) is 0. The SMILES string of the molecule is [Fe][SiH2][Fe].[MgH2]. The van der Waals surface area contributed by atoms with Crippen molar-refractivity contribution < 1.29 is 30.7 Å². The molecule has 0 N–H and O–H groups in total. The maximum Gasteiger partial charge on any atom is 0.316 e. The molecule has 0 fully saturated rings. The van der Waals surface area contributed by atoms with Crippen molar-refractivity contribution >= 4 is 29.8 Å². The van der Waals surface area contributed by atoms with Gasteiger partial charge in [0.15, 0.2) is 0 Å². The molecule has 0 amide bonds. The quantitative estimate of drug-likeness (QED) is 0.373. The monoisotopic (exact) mass is 168 g/mol. The molecule has 26 valence electrons. The molecule has 0 aromatic heterocycles. The van der Waals surface area contributed by atoms with E-state index in [1.54, 1.807) is 0 Å². The van der Waals surface area contributed by atoms with Crippen LogP contribution in [0.1, 0.15) is 0 Å². The minimum absolute atomic E-state index is 0. The van der Waals surface area contributed by atoms with Crippen molar-refractivity contribution in [3.8, 4) is 0 Å². The second-order valence-electron chi connectivity index (χ2n) is 0.0884. The van der Waals surface area contributed by atoms with Crippen molar-refractivity contribution in [1.82, 2.24) is 0 Å². The van der Waals surface area contributed by atoms with Gasteiger partial charge >= 0.3 is 60.5 Å². The first-order valence-corrected chi connectivity index (χ1v) is 6.18. The first-order valence-electron chi connectivity index (χ1n) is 0.500. The Hall–Kier alpha value is 2.02. The van der Waals surface area contributed by atoms with Gasteiger partial charge in [0.2, 0.25) is 0 Å². The molecule has 0 saturated carbocycles. The summed E-state index contributed by atoms with van der Waals surface area (Å²) >= 11 is 7.03. The van der Waals surface area contributed by atoms with E-state index in [1.165, 1.54) is 0 Å². The predicted molar refractivity (Wildman–Crippen MR) is 17.1 cm³/mol. The maximum atomic E-state index is 3.51. The summed E-state index contributed by atoms with van der Waals surface area (Å²) in [5.41, 5.74) is 0. The van der Waals surface area contributed by atoms with Gasteiger partial charge in [-0.2, -0.15) is 0 Å². The van der Waals surface area contributed by atoms with Crippen LogP contribution in [0.15, 0.2) is 0 Å². The fourth-order valence-corrected chi connectivity index (χ4v) is 0. The van der Waals surface area contributed by atoms with Crippen LogP contribution in [-0.2, 0) is 30.7 Å². The molecule has 0 spiro atoms. The van der Waals surface area contributed by atoms with Gasteiger partial charge in [-0.3, -0.25) is 0 Å². The van der Waals surface area contributed by atoms with E-state index < -0.39 is 0 Å². The molecule has 0 unspecified atom stereocenters. The fourth-order valence-electron chi connectivity index (χ4n) is 0. The third-order valence-corrected chi connectivity index (χ3v) is 0. The summed E-state index contributed by atoms with van der Waals surface area (Å²) in [5, 5.41) is 0. The summed E-state index contributed by atoms with van der Waals surface area (Å²) in [4.78, 5) is 0. The van der Waals surface area contributed by atoms with Crippen molar-refractivity contribution in [2.75, 3.05) is 0 Å². The molecule has 0 bridgehead atoms. The van der Waals surface area contributed by atoms with E-state index in [0.717, 1.165) is 0 Å². The Labute approximate surface area is 60.0 Å². The van der Waals surface area contributed by atoms with Crippen LogP contribution in [0.5, 0.6) is 0 Å². The van der Waals surface area contributed by atoms with Crippen molar-refractivity contribution in [2.45, 2.75) is 0 Å². The Morgan fingerprint density at radius 3 is 1.25 bits per heavy atom. The van der Waals surface area contributed by atoms with E-state index in [1.807, 2.05) is 0 Å². The van der Waals surface area contributed by atoms with Crippen molar-refractivity contribution in [1.29, 1.82) is 0 Å². The number of hydrogen-bond acceptors (Lipinski definition) is 0. The Kier molecular flexibility index (Phi) is 20.9. The second-order valence-corrected chi connectivity index (χ2v) is 4.51. The topological polar surface area (TPSA) is 0 Å². The molecular formula is H4Fe2MgSi. The van der Waals surface area contributed by atoms with Crippen LogP contribution in [-0.4, -0.2) is 29.8 Å². The first kappa shape index (κ1) is 9.39. The van der Waals surface area contributed by atoms with Crippen molar-refractivity contribution in [2.24, 2.45) is 0 Å². The summed E-state index contributed by atoms with van der Waals surface area (Å²) in [6.45, 7) is -0.0833. The first-order chi connectivity index (χ1) is 1.41. The van der Waals surface area contributed by atoms with E-state index in [9.17, 15) is 0 Å². The molecule has 0 aliphatic carbocycles. The average Bonchev–Trinajstić information content (AvgIpc) is 0.918. The molecule has 0 aromatic carbocycles. The molecule has 0 aliphatic heterocycles. The van der Waals surface area contributed by atoms with Crippen LogP contribution < -0.4 is 0 Å². The fraction of sp³-hybridized carbons (Fsp3) is 0. The van der Waals surface area contributed by atoms with Gasteiger partial charge < -0.3 is 0 Å². The van der Waals surface area contributed by atoms with Gasteiger partial charge in [0, 0.05) is 0 Å². The zero-order chi connectivity index (χ0) is 2.71. The maximum absolute atomic E-state index is 3.51. The summed E-state index contributed by atoms with van der Waals surface area (Å²) in [6, 6.07) is 0. The van der Waals surface area contributed by atoms with E-state index in [-0.39, 0.29) is 29.8 Å². The third-order valence-electron chi connectivity index (χ3n) is 0. The van der Waals surface area contributed by atoms with Crippen LogP contribution in [0.2, 0.25) is 0 Å². The summed E-state index contributed by atoms with van der Waals surface area (Å²) in [7, 11) is 0. The molecule has 0 radical (unpaired) electrons. The Morgan fingerprint density at radius 2 is 1.25 bits per heavy atom. The average molecular weight is 168 g/mol. The Balaban J connectivity index is 0. The van der Waals surface area contributed by atoms with Gasteiger partial charge in [0.1, 0.15) is 0 Å². The molecule has 0 aliphatic rings. The molecule has 0 nitrogen and oxygen atoms in total. The molecule has 0 heterocycles. The van der Waals surface area contributed by atoms with Crippen molar-refractivity contribution in [3.63, 3.8) is 0 Å². The van der Waals surface area contributed by atoms with Gasteiger partial charge in [-0.1, -0.05) is 0 Å². The Bertz CT molecular complexity index is 6.00. The van der Waals surface area contributed by atoms with Gasteiger partial charge in [-0.25, -0.2) is 0 Å². The van der Waals surface area contributed by atoms with Crippen LogP contribution in [0.4, 0.5) is 0 Å². The van der Waals surface area contributed by atoms with E-state index in [0.29, 0.717) is 0 Å². The molecule has 0 atom stereocenters. The van der Waals surface area contributed by atoms with Gasteiger partial charge in [0.05, 0.1) is 0 Å². The normalized spacial score (nSPS) is 4.50. The molecular weight excluding hydrogens is 164 g/mol. The van der Waals surface area contributed by atoms with Crippen LogP contribution in [0, 0.1) is 0 Å². The number of rotatable bonds is 0. The van der Waals surface area contributed by atoms with E-state index in [2.05, 4.69) is 30.7 Å². The largest absolute Gasteiger partial charge is 0.316 e. The van der Waals surface area contributed by atoms with Gasteiger partial charge in [-0.15, -0.1) is 0 Å². The van der Waals surface area contributed by atoms with Crippen LogP contribution in [0.3, 0.4) is 0 Å². The van der Waals surface area contributed by atoms with Crippen molar-refractivity contribution in [3.05, 3.63) is 0 Å². The van der Waals surface area contributed by atoms with E-state index >= 15 is 0 Å². The second kappa shape index (κ2) is 8.90. The minimum atomic E-state index is -0.0833. The van der Waals surface area contributed by atoms with Crippen LogP contribution in [0.25, 0.3) is 0 Å². The predicted octanol–water partition coefficient (Wildman–Crippen LogP) is -1.84. The van der Waals surface area contributed by atoms with Gasteiger partial charge in [-0.05, 0) is 0 Å². The van der Waals surface area contributed by atoms with Gasteiger partial charge in [0.25, 0.3) is 0 Å². The molecule has 0 rings (SSSR count). The summed E-state index contributed by atoms with van der Waals surface area (Å²) in [5.74, 6) is 0. The summed E-state index contributed by atoms with van der Waals surface area (Å²) in [6.07, 6.45) is 0. The molecule has 4 heavy (non-hydrogen) atoms. The summed E-state index contributed by atoms with van der Waals surface area (Å²) < 4.78 is 0. The zero-order valence-corrected chi connectivity index (χ0v) is 5.04. The molecule has 4 heteroatoms. The zero-order valence-electron chi connectivity index (χ0n) is 1.41.